The maximum atomic E-state index is 13.6. The van der Waals surface area contributed by atoms with E-state index in [4.69, 9.17) is 27.9 Å². The van der Waals surface area contributed by atoms with E-state index in [0.29, 0.717) is 36.6 Å². The molecule has 0 atom stereocenters. The van der Waals surface area contributed by atoms with E-state index in [1.54, 1.807) is 12.0 Å². The van der Waals surface area contributed by atoms with Crippen LogP contribution in [0.4, 0.5) is 13.2 Å². The van der Waals surface area contributed by atoms with Crippen LogP contribution in [0.1, 0.15) is 56.9 Å². The van der Waals surface area contributed by atoms with Crippen LogP contribution in [0, 0.1) is 12.8 Å². The molecule has 0 bridgehead atoms. The van der Waals surface area contributed by atoms with Crippen molar-refractivity contribution in [3.63, 3.8) is 0 Å². The minimum absolute atomic E-state index is 0.00601. The summed E-state index contributed by atoms with van der Waals surface area (Å²) in [6, 6.07) is 5.33. The molecule has 37 heavy (non-hydrogen) atoms. The molecule has 0 saturated carbocycles. The first kappa shape index (κ1) is 27.4. The number of hydrogen-bond donors (Lipinski definition) is 0. The number of rotatable bonds is 6. The molecule has 0 radical (unpaired) electrons. The van der Waals surface area contributed by atoms with Gasteiger partial charge >= 0.3 is 6.18 Å². The Balaban J connectivity index is 1.67. The Kier molecular flexibility index (Phi) is 7.88. The lowest BCUT2D eigenvalue weighted by Crippen LogP contribution is -2.39. The Morgan fingerprint density at radius 1 is 1.16 bits per heavy atom. The number of methoxy groups -OCH3 is 1. The number of aromatic nitrogens is 2. The number of alkyl halides is 3. The number of ether oxygens (including phenoxy) is 1. The number of piperidine rings is 1. The predicted octanol–water partition coefficient (Wildman–Crippen LogP) is 6.33. The number of hydrogen-bond acceptors (Lipinski definition) is 4. The summed E-state index contributed by atoms with van der Waals surface area (Å²) in [4.78, 5) is 32.3. The highest BCUT2D eigenvalue weighted by atomic mass is 35.5. The Morgan fingerprint density at radius 3 is 2.46 bits per heavy atom. The lowest BCUT2D eigenvalue weighted by molar-refractivity contribution is -0.141. The molecule has 6 nitrogen and oxygen atoms in total. The Bertz CT molecular complexity index is 1360. The standard InChI is InChI=1S/C26H26Cl2F3N3O3/c1-14-12-20(26(29,30)31)32-24-17(14)13-19(33(24)2)23(35)21-18(27)5-4-16(22(21)28)25(36)34-9-6-15(7-10-34)8-11-37-3/h4-5,12-13,15H,6-11H2,1-3H3. The summed E-state index contributed by atoms with van der Waals surface area (Å²) in [5.74, 6) is -0.440. The van der Waals surface area contributed by atoms with Gasteiger partial charge < -0.3 is 14.2 Å². The van der Waals surface area contributed by atoms with Gasteiger partial charge in [0.25, 0.3) is 5.91 Å². The van der Waals surface area contributed by atoms with Gasteiger partial charge in [0.15, 0.2) is 0 Å². The average Bonchev–Trinajstić information content (AvgIpc) is 3.19. The zero-order valence-corrected chi connectivity index (χ0v) is 22.1. The number of likely N-dealkylation sites (tertiary alicyclic amines) is 1. The van der Waals surface area contributed by atoms with E-state index in [0.717, 1.165) is 25.3 Å². The molecule has 1 saturated heterocycles. The van der Waals surface area contributed by atoms with Gasteiger partial charge in [0.05, 0.1) is 26.9 Å². The van der Waals surface area contributed by atoms with Gasteiger partial charge in [-0.1, -0.05) is 23.2 Å². The van der Waals surface area contributed by atoms with Crippen molar-refractivity contribution in [2.24, 2.45) is 13.0 Å². The molecule has 2 aromatic heterocycles. The van der Waals surface area contributed by atoms with E-state index < -0.39 is 17.7 Å². The number of amides is 1. The highest BCUT2D eigenvalue weighted by Crippen LogP contribution is 2.35. The fraction of sp³-hybridized carbons (Fsp3) is 0.423. The molecule has 3 aromatic rings. The lowest BCUT2D eigenvalue weighted by Gasteiger charge is -2.32. The maximum absolute atomic E-state index is 13.6. The van der Waals surface area contributed by atoms with Crippen LogP contribution in [-0.2, 0) is 18.0 Å². The molecule has 198 valence electrons. The first-order valence-corrected chi connectivity index (χ1v) is 12.5. The van der Waals surface area contributed by atoms with E-state index in [9.17, 15) is 22.8 Å². The lowest BCUT2D eigenvalue weighted by atomic mass is 9.93. The van der Waals surface area contributed by atoms with Crippen molar-refractivity contribution in [2.75, 3.05) is 26.8 Å². The second-order valence-electron chi connectivity index (χ2n) is 9.28. The summed E-state index contributed by atoms with van der Waals surface area (Å²) >= 11 is 13.0. The number of benzene rings is 1. The maximum Gasteiger partial charge on any atom is 0.433 e. The number of carbonyl (C=O) groups excluding carboxylic acids is 2. The summed E-state index contributed by atoms with van der Waals surface area (Å²) < 4.78 is 46.3. The largest absolute Gasteiger partial charge is 0.433 e. The van der Waals surface area contributed by atoms with Crippen LogP contribution >= 0.6 is 23.2 Å². The first-order valence-electron chi connectivity index (χ1n) is 11.8. The molecule has 11 heteroatoms. The van der Waals surface area contributed by atoms with Crippen LogP contribution in [0.25, 0.3) is 11.0 Å². The fourth-order valence-corrected chi connectivity index (χ4v) is 5.37. The Labute approximate surface area is 222 Å². The summed E-state index contributed by atoms with van der Waals surface area (Å²) in [5, 5.41) is 0.348. The number of pyridine rings is 1. The van der Waals surface area contributed by atoms with Crippen LogP contribution in [0.5, 0.6) is 0 Å². The molecule has 4 rings (SSSR count). The normalized spacial score (nSPS) is 15.0. The topological polar surface area (TPSA) is 64.4 Å². The molecule has 3 heterocycles. The molecule has 0 N–H and O–H groups in total. The minimum Gasteiger partial charge on any atom is -0.385 e. The number of aryl methyl sites for hydroxylation is 2. The molecular weight excluding hydrogens is 530 g/mol. The van der Waals surface area contributed by atoms with E-state index >= 15 is 0 Å². The highest BCUT2D eigenvalue weighted by Gasteiger charge is 2.34. The molecule has 1 aliphatic rings. The third-order valence-electron chi connectivity index (χ3n) is 6.91. The predicted molar refractivity (Wildman–Crippen MR) is 135 cm³/mol. The van der Waals surface area contributed by atoms with Gasteiger partial charge in [-0.05, 0) is 61.9 Å². The number of carbonyl (C=O) groups is 2. The van der Waals surface area contributed by atoms with Crippen molar-refractivity contribution >= 4 is 45.9 Å². The Hall–Kier alpha value is -2.62. The molecule has 1 fully saturated rings. The molecule has 1 aromatic carbocycles. The SMILES string of the molecule is COCCC1CCN(C(=O)c2ccc(Cl)c(C(=O)c3cc4c(C)cc(C(F)(F)F)nc4n3C)c2Cl)CC1. The molecular formula is C26H26Cl2F3N3O3. The van der Waals surface area contributed by atoms with E-state index in [1.807, 2.05) is 0 Å². The second kappa shape index (κ2) is 10.6. The van der Waals surface area contributed by atoms with Crippen LogP contribution in [0.15, 0.2) is 24.3 Å². The summed E-state index contributed by atoms with van der Waals surface area (Å²) in [6.07, 6.45) is -2.02. The van der Waals surface area contributed by atoms with Gasteiger partial charge in [-0.15, -0.1) is 0 Å². The van der Waals surface area contributed by atoms with Crippen LogP contribution in [-0.4, -0.2) is 52.9 Å². The number of ketones is 1. The number of nitrogens with zero attached hydrogens (tertiary/aromatic N) is 3. The molecule has 0 spiro atoms. The van der Waals surface area contributed by atoms with Crippen molar-refractivity contribution < 1.29 is 27.5 Å². The van der Waals surface area contributed by atoms with Gasteiger partial charge in [-0.3, -0.25) is 9.59 Å². The van der Waals surface area contributed by atoms with Gasteiger partial charge in [0, 0.05) is 39.2 Å². The fourth-order valence-electron chi connectivity index (χ4n) is 4.74. The average molecular weight is 556 g/mol. The van der Waals surface area contributed by atoms with Gasteiger partial charge in [-0.2, -0.15) is 13.2 Å². The van der Waals surface area contributed by atoms with Gasteiger partial charge in [0.2, 0.25) is 5.78 Å². The number of fused-ring (bicyclic) bond motifs is 1. The molecule has 0 aliphatic carbocycles. The quantitative estimate of drug-likeness (QED) is 0.333. The van der Waals surface area contributed by atoms with Crippen LogP contribution in [0.3, 0.4) is 0 Å². The zero-order chi connectivity index (χ0) is 27.1. The Morgan fingerprint density at radius 2 is 1.84 bits per heavy atom. The van der Waals surface area contributed by atoms with E-state index in [-0.39, 0.29) is 38.4 Å². The van der Waals surface area contributed by atoms with E-state index in [2.05, 4.69) is 4.98 Å². The third-order valence-corrected chi connectivity index (χ3v) is 7.62. The van der Waals surface area contributed by atoms with Crippen molar-refractivity contribution in [3.05, 3.63) is 62.4 Å². The van der Waals surface area contributed by atoms with Crippen molar-refractivity contribution in [1.82, 2.24) is 14.5 Å². The highest BCUT2D eigenvalue weighted by molar-refractivity contribution is 6.42. The molecule has 1 aliphatic heterocycles. The zero-order valence-electron chi connectivity index (χ0n) is 20.6. The van der Waals surface area contributed by atoms with Crippen LogP contribution < -0.4 is 0 Å². The summed E-state index contributed by atoms with van der Waals surface area (Å²) in [6.45, 7) is 3.31. The monoisotopic (exact) mass is 555 g/mol. The second-order valence-corrected chi connectivity index (χ2v) is 10.1. The first-order chi connectivity index (χ1) is 17.4. The summed E-state index contributed by atoms with van der Waals surface area (Å²) in [5.41, 5.74) is -0.598. The summed E-state index contributed by atoms with van der Waals surface area (Å²) in [7, 11) is 3.11. The van der Waals surface area contributed by atoms with Crippen molar-refractivity contribution in [3.8, 4) is 0 Å². The van der Waals surface area contributed by atoms with Crippen molar-refractivity contribution in [1.29, 1.82) is 0 Å². The van der Waals surface area contributed by atoms with Gasteiger partial charge in [0.1, 0.15) is 11.3 Å². The number of halogens is 5. The molecule has 0 unspecified atom stereocenters. The van der Waals surface area contributed by atoms with Gasteiger partial charge in [-0.25, -0.2) is 4.98 Å². The molecule has 1 amide bonds. The van der Waals surface area contributed by atoms with E-state index in [1.165, 1.54) is 36.7 Å². The third kappa shape index (κ3) is 5.35. The van der Waals surface area contributed by atoms with Crippen molar-refractivity contribution in [2.45, 2.75) is 32.4 Å². The smallest absolute Gasteiger partial charge is 0.385 e. The minimum atomic E-state index is -4.63. The van der Waals surface area contributed by atoms with Crippen LogP contribution in [0.2, 0.25) is 10.0 Å².